The Morgan fingerprint density at radius 1 is 1.42 bits per heavy atom. The van der Waals surface area contributed by atoms with Crippen LogP contribution in [-0.4, -0.2) is 12.5 Å². The predicted octanol–water partition coefficient (Wildman–Crippen LogP) is 3.61. The van der Waals surface area contributed by atoms with Crippen molar-refractivity contribution in [3.63, 3.8) is 0 Å². The van der Waals surface area contributed by atoms with Crippen molar-refractivity contribution in [1.82, 2.24) is 5.32 Å². The molecule has 2 rings (SSSR count). The molecule has 0 atom stereocenters. The van der Waals surface area contributed by atoms with E-state index in [4.69, 9.17) is 4.42 Å². The van der Waals surface area contributed by atoms with Crippen molar-refractivity contribution in [2.45, 2.75) is 39.0 Å². The minimum absolute atomic E-state index is 0.0644. The summed E-state index contributed by atoms with van der Waals surface area (Å²) in [4.78, 5) is 11.6. The Hall–Kier alpha value is -1.77. The first-order valence-electron chi connectivity index (χ1n) is 6.94. The quantitative estimate of drug-likeness (QED) is 0.648. The summed E-state index contributed by atoms with van der Waals surface area (Å²) in [5.74, 6) is 1.50. The molecule has 0 bridgehead atoms. The second kappa shape index (κ2) is 6.98. The fourth-order valence-corrected chi connectivity index (χ4v) is 2.24. The summed E-state index contributed by atoms with van der Waals surface area (Å²) in [6.07, 6.45) is 11.5. The Labute approximate surface area is 114 Å². The predicted molar refractivity (Wildman–Crippen MR) is 76.7 cm³/mol. The lowest BCUT2D eigenvalue weighted by Gasteiger charge is -2.12. The van der Waals surface area contributed by atoms with Crippen molar-refractivity contribution in [2.75, 3.05) is 6.54 Å². The molecule has 0 saturated heterocycles. The van der Waals surface area contributed by atoms with Gasteiger partial charge in [0, 0.05) is 12.6 Å². The summed E-state index contributed by atoms with van der Waals surface area (Å²) >= 11 is 0. The number of amides is 1. The Bertz CT molecular complexity index is 483. The van der Waals surface area contributed by atoms with Gasteiger partial charge in [-0.3, -0.25) is 4.79 Å². The molecular formula is C16H21NO2. The van der Waals surface area contributed by atoms with Gasteiger partial charge < -0.3 is 9.73 Å². The maximum Gasteiger partial charge on any atom is 0.244 e. The number of carbonyl (C=O) groups is 1. The summed E-state index contributed by atoms with van der Waals surface area (Å²) in [6.45, 7) is 2.60. The molecule has 102 valence electrons. The zero-order chi connectivity index (χ0) is 13.5. The number of allylic oxidation sites excluding steroid dienone is 1. The highest BCUT2D eigenvalue weighted by Crippen LogP contribution is 2.19. The summed E-state index contributed by atoms with van der Waals surface area (Å²) in [5, 5.41) is 2.90. The molecule has 1 amide bonds. The van der Waals surface area contributed by atoms with Crippen LogP contribution < -0.4 is 5.32 Å². The van der Waals surface area contributed by atoms with Gasteiger partial charge in [0.05, 0.1) is 0 Å². The Balaban J connectivity index is 1.69. The molecule has 0 saturated carbocycles. The molecule has 19 heavy (non-hydrogen) atoms. The number of carbonyl (C=O) groups excluding carboxylic acids is 1. The highest BCUT2D eigenvalue weighted by atomic mass is 16.3. The van der Waals surface area contributed by atoms with Gasteiger partial charge in [0.25, 0.3) is 0 Å². The van der Waals surface area contributed by atoms with Crippen LogP contribution in [0.5, 0.6) is 0 Å². The number of rotatable bonds is 5. The van der Waals surface area contributed by atoms with Crippen LogP contribution in [0.4, 0.5) is 0 Å². The van der Waals surface area contributed by atoms with Gasteiger partial charge in [-0.2, -0.15) is 0 Å². The number of furan rings is 1. The molecule has 1 aromatic heterocycles. The van der Waals surface area contributed by atoms with Crippen LogP contribution in [-0.2, 0) is 4.79 Å². The molecular weight excluding hydrogens is 238 g/mol. The Morgan fingerprint density at radius 2 is 2.32 bits per heavy atom. The highest BCUT2D eigenvalue weighted by molar-refractivity contribution is 5.91. The number of aryl methyl sites for hydroxylation is 1. The largest absolute Gasteiger partial charge is 0.462 e. The highest BCUT2D eigenvalue weighted by Gasteiger charge is 2.03. The van der Waals surface area contributed by atoms with E-state index in [1.54, 1.807) is 6.08 Å². The van der Waals surface area contributed by atoms with Crippen molar-refractivity contribution in [1.29, 1.82) is 0 Å². The lowest BCUT2D eigenvalue weighted by Crippen LogP contribution is -2.22. The van der Waals surface area contributed by atoms with Gasteiger partial charge >= 0.3 is 0 Å². The minimum Gasteiger partial charge on any atom is -0.462 e. The first-order chi connectivity index (χ1) is 9.24. The second-order valence-corrected chi connectivity index (χ2v) is 4.93. The summed E-state index contributed by atoms with van der Waals surface area (Å²) in [7, 11) is 0. The van der Waals surface area contributed by atoms with Crippen LogP contribution >= 0.6 is 0 Å². The van der Waals surface area contributed by atoms with E-state index in [2.05, 4.69) is 11.4 Å². The Kier molecular flexibility index (Phi) is 5.01. The fourth-order valence-electron chi connectivity index (χ4n) is 2.24. The van der Waals surface area contributed by atoms with Gasteiger partial charge in [0.2, 0.25) is 5.91 Å². The van der Waals surface area contributed by atoms with Crippen molar-refractivity contribution in [3.8, 4) is 0 Å². The lowest BCUT2D eigenvalue weighted by atomic mass is 9.97. The van der Waals surface area contributed by atoms with Gasteiger partial charge in [-0.05, 0) is 57.2 Å². The second-order valence-electron chi connectivity index (χ2n) is 4.93. The average molecular weight is 259 g/mol. The molecule has 0 fully saturated rings. The van der Waals surface area contributed by atoms with Gasteiger partial charge in [-0.15, -0.1) is 0 Å². The van der Waals surface area contributed by atoms with Crippen LogP contribution in [0.1, 0.15) is 43.6 Å². The molecule has 0 aliphatic heterocycles. The van der Waals surface area contributed by atoms with Crippen LogP contribution in [0.2, 0.25) is 0 Å². The molecule has 1 aliphatic rings. The summed E-state index contributed by atoms with van der Waals surface area (Å²) < 4.78 is 5.36. The van der Waals surface area contributed by atoms with E-state index in [-0.39, 0.29) is 5.91 Å². The third kappa shape index (κ3) is 4.78. The first kappa shape index (κ1) is 13.7. The van der Waals surface area contributed by atoms with Gasteiger partial charge in [0.15, 0.2) is 0 Å². The van der Waals surface area contributed by atoms with Gasteiger partial charge in [-0.1, -0.05) is 11.6 Å². The molecule has 1 aliphatic carbocycles. The zero-order valence-corrected chi connectivity index (χ0v) is 11.4. The molecule has 1 aromatic rings. The van der Waals surface area contributed by atoms with E-state index in [1.165, 1.54) is 37.3 Å². The first-order valence-corrected chi connectivity index (χ1v) is 6.94. The van der Waals surface area contributed by atoms with Crippen LogP contribution in [0.3, 0.4) is 0 Å². The normalized spacial score (nSPS) is 15.5. The summed E-state index contributed by atoms with van der Waals surface area (Å²) in [6, 6.07) is 3.74. The summed E-state index contributed by atoms with van der Waals surface area (Å²) in [5.41, 5.74) is 1.48. The molecule has 0 spiro atoms. The number of hydrogen-bond acceptors (Lipinski definition) is 2. The van der Waals surface area contributed by atoms with E-state index < -0.39 is 0 Å². The molecule has 0 unspecified atom stereocenters. The lowest BCUT2D eigenvalue weighted by molar-refractivity contribution is -0.116. The number of nitrogens with one attached hydrogen (secondary N) is 1. The molecule has 1 N–H and O–H groups in total. The van der Waals surface area contributed by atoms with Gasteiger partial charge in [0.1, 0.15) is 11.5 Å². The van der Waals surface area contributed by atoms with Crippen molar-refractivity contribution < 1.29 is 9.21 Å². The fraction of sp³-hybridized carbons (Fsp3) is 0.438. The van der Waals surface area contributed by atoms with Crippen LogP contribution in [0.15, 0.2) is 34.3 Å². The molecule has 3 heteroatoms. The van der Waals surface area contributed by atoms with Crippen molar-refractivity contribution in [3.05, 3.63) is 41.4 Å². The zero-order valence-electron chi connectivity index (χ0n) is 11.4. The van der Waals surface area contributed by atoms with E-state index >= 15 is 0 Å². The maximum absolute atomic E-state index is 11.6. The van der Waals surface area contributed by atoms with E-state index in [1.807, 2.05) is 19.1 Å². The molecule has 0 aromatic carbocycles. The van der Waals surface area contributed by atoms with Crippen molar-refractivity contribution >= 4 is 12.0 Å². The monoisotopic (exact) mass is 259 g/mol. The van der Waals surface area contributed by atoms with Gasteiger partial charge in [-0.25, -0.2) is 0 Å². The SMILES string of the molecule is Cc1ccc(/C=C/C(=O)NCCC2=CCCCC2)o1. The topological polar surface area (TPSA) is 42.2 Å². The average Bonchev–Trinajstić information content (AvgIpc) is 2.83. The van der Waals surface area contributed by atoms with Crippen LogP contribution in [0, 0.1) is 6.92 Å². The standard InChI is InChI=1S/C16H21NO2/c1-13-7-8-15(19-13)9-10-16(18)17-12-11-14-5-3-2-4-6-14/h5,7-10H,2-4,6,11-12H2,1H3,(H,17,18)/b10-9+. The molecule has 3 nitrogen and oxygen atoms in total. The molecule has 1 heterocycles. The van der Waals surface area contributed by atoms with E-state index in [9.17, 15) is 4.79 Å². The third-order valence-corrected chi connectivity index (χ3v) is 3.29. The third-order valence-electron chi connectivity index (χ3n) is 3.29. The van der Waals surface area contributed by atoms with Crippen LogP contribution in [0.25, 0.3) is 6.08 Å². The van der Waals surface area contributed by atoms with E-state index in [0.29, 0.717) is 12.3 Å². The smallest absolute Gasteiger partial charge is 0.244 e. The minimum atomic E-state index is -0.0644. The maximum atomic E-state index is 11.6. The molecule has 0 radical (unpaired) electrons. The van der Waals surface area contributed by atoms with Crippen molar-refractivity contribution in [2.24, 2.45) is 0 Å². The Morgan fingerprint density at radius 3 is 3.00 bits per heavy atom. The van der Waals surface area contributed by atoms with E-state index in [0.717, 1.165) is 12.2 Å². The number of hydrogen-bond donors (Lipinski definition) is 1.